The monoisotopic (exact) mass is 191 g/mol. The molecular weight excluding hydrogens is 170 g/mol. The van der Waals surface area contributed by atoms with E-state index in [1.807, 2.05) is 0 Å². The number of benzene rings is 1. The number of rotatable bonds is 4. The summed E-state index contributed by atoms with van der Waals surface area (Å²) in [5.41, 5.74) is 9.89. The Hall–Kier alpha value is -0.820. The number of nitrogens with two attached hydrogens (primary N) is 1. The number of hydrogen-bond acceptors (Lipinski definition) is 1. The molecule has 0 unspecified atom stereocenters. The van der Waals surface area contributed by atoms with Gasteiger partial charge < -0.3 is 5.73 Å². The Labute approximate surface area is 87.3 Å². The highest BCUT2D eigenvalue weighted by molar-refractivity contribution is 5.33. The first-order valence-corrected chi connectivity index (χ1v) is 5.50. The predicted molar refractivity (Wildman–Crippen MR) is 62.7 cm³/mol. The minimum atomic E-state index is 0.618. The van der Waals surface area contributed by atoms with Crippen LogP contribution in [0.15, 0.2) is 18.2 Å². The third-order valence-corrected chi connectivity index (χ3v) is 2.69. The van der Waals surface area contributed by atoms with E-state index < -0.39 is 0 Å². The standard InChI is InChI=1S/C13H21N/c1-4-11-9-13(10(2)3)6-5-12(11)7-8-14/h5-6,9-10H,4,7-8,14H2,1-3H3. The smallest absolute Gasteiger partial charge is 0.00366 e. The summed E-state index contributed by atoms with van der Waals surface area (Å²) in [6.45, 7) is 7.42. The van der Waals surface area contributed by atoms with E-state index in [1.165, 1.54) is 16.7 Å². The van der Waals surface area contributed by atoms with E-state index >= 15 is 0 Å². The Balaban J connectivity index is 2.98. The van der Waals surface area contributed by atoms with Crippen LogP contribution in [0.3, 0.4) is 0 Å². The van der Waals surface area contributed by atoms with E-state index in [-0.39, 0.29) is 0 Å². The Bertz CT molecular complexity index is 289. The highest BCUT2D eigenvalue weighted by Crippen LogP contribution is 2.19. The average molecular weight is 191 g/mol. The van der Waals surface area contributed by atoms with Crippen molar-refractivity contribution in [1.82, 2.24) is 0 Å². The van der Waals surface area contributed by atoms with Gasteiger partial charge in [-0.15, -0.1) is 0 Å². The van der Waals surface area contributed by atoms with Crippen LogP contribution in [0, 0.1) is 0 Å². The van der Waals surface area contributed by atoms with Gasteiger partial charge in [0.15, 0.2) is 0 Å². The number of hydrogen-bond donors (Lipinski definition) is 1. The minimum absolute atomic E-state index is 0.618. The summed E-state index contributed by atoms with van der Waals surface area (Å²) in [4.78, 5) is 0. The predicted octanol–water partition coefficient (Wildman–Crippen LogP) is 2.87. The molecule has 0 aliphatic heterocycles. The molecule has 0 saturated heterocycles. The number of aryl methyl sites for hydroxylation is 1. The van der Waals surface area contributed by atoms with E-state index in [0.29, 0.717) is 5.92 Å². The Morgan fingerprint density at radius 3 is 2.43 bits per heavy atom. The van der Waals surface area contributed by atoms with Gasteiger partial charge in [0.05, 0.1) is 0 Å². The third-order valence-electron chi connectivity index (χ3n) is 2.69. The summed E-state index contributed by atoms with van der Waals surface area (Å²) >= 11 is 0. The molecule has 14 heavy (non-hydrogen) atoms. The van der Waals surface area contributed by atoms with Crippen molar-refractivity contribution in [2.24, 2.45) is 5.73 Å². The lowest BCUT2D eigenvalue weighted by Crippen LogP contribution is -2.05. The van der Waals surface area contributed by atoms with Crippen molar-refractivity contribution in [1.29, 1.82) is 0 Å². The van der Waals surface area contributed by atoms with Gasteiger partial charge in [-0.2, -0.15) is 0 Å². The van der Waals surface area contributed by atoms with Crippen LogP contribution in [0.25, 0.3) is 0 Å². The van der Waals surface area contributed by atoms with Gasteiger partial charge in [0, 0.05) is 0 Å². The van der Waals surface area contributed by atoms with Crippen LogP contribution in [0.5, 0.6) is 0 Å². The summed E-state index contributed by atoms with van der Waals surface area (Å²) in [7, 11) is 0. The summed E-state index contributed by atoms with van der Waals surface area (Å²) in [6, 6.07) is 6.80. The van der Waals surface area contributed by atoms with Crippen LogP contribution in [-0.4, -0.2) is 6.54 Å². The largest absolute Gasteiger partial charge is 0.330 e. The lowest BCUT2D eigenvalue weighted by atomic mass is 9.95. The first kappa shape index (κ1) is 11.3. The van der Waals surface area contributed by atoms with Crippen molar-refractivity contribution in [2.45, 2.75) is 39.5 Å². The second kappa shape index (κ2) is 5.16. The highest BCUT2D eigenvalue weighted by atomic mass is 14.5. The first-order chi connectivity index (χ1) is 6.69. The summed E-state index contributed by atoms with van der Waals surface area (Å²) in [5, 5.41) is 0. The van der Waals surface area contributed by atoms with Gasteiger partial charge in [-0.05, 0) is 42.0 Å². The van der Waals surface area contributed by atoms with E-state index in [2.05, 4.69) is 39.0 Å². The molecule has 0 aromatic heterocycles. The molecule has 1 heteroatoms. The maximum atomic E-state index is 5.58. The maximum absolute atomic E-state index is 5.58. The van der Waals surface area contributed by atoms with Crippen LogP contribution in [0.1, 0.15) is 43.4 Å². The van der Waals surface area contributed by atoms with Gasteiger partial charge in [-0.3, -0.25) is 0 Å². The van der Waals surface area contributed by atoms with Gasteiger partial charge in [0.25, 0.3) is 0 Å². The summed E-state index contributed by atoms with van der Waals surface area (Å²) in [6.07, 6.45) is 2.11. The molecule has 2 N–H and O–H groups in total. The molecule has 1 rings (SSSR count). The quantitative estimate of drug-likeness (QED) is 0.778. The van der Waals surface area contributed by atoms with E-state index in [0.717, 1.165) is 19.4 Å². The van der Waals surface area contributed by atoms with Crippen molar-refractivity contribution in [3.8, 4) is 0 Å². The van der Waals surface area contributed by atoms with E-state index in [4.69, 9.17) is 5.73 Å². The normalized spacial score (nSPS) is 10.9. The van der Waals surface area contributed by atoms with Crippen molar-refractivity contribution >= 4 is 0 Å². The Morgan fingerprint density at radius 1 is 1.21 bits per heavy atom. The SMILES string of the molecule is CCc1cc(C(C)C)ccc1CCN. The molecule has 0 heterocycles. The Morgan fingerprint density at radius 2 is 1.93 bits per heavy atom. The Kier molecular flexibility index (Phi) is 4.15. The van der Waals surface area contributed by atoms with Gasteiger partial charge >= 0.3 is 0 Å². The molecule has 0 fully saturated rings. The zero-order chi connectivity index (χ0) is 10.6. The lowest BCUT2D eigenvalue weighted by molar-refractivity contribution is 0.855. The van der Waals surface area contributed by atoms with Crippen molar-refractivity contribution < 1.29 is 0 Å². The minimum Gasteiger partial charge on any atom is -0.330 e. The molecule has 0 aliphatic carbocycles. The zero-order valence-electron chi connectivity index (χ0n) is 9.51. The highest BCUT2D eigenvalue weighted by Gasteiger charge is 2.04. The molecule has 0 aliphatic rings. The van der Waals surface area contributed by atoms with Gasteiger partial charge in [0.2, 0.25) is 0 Å². The molecular formula is C13H21N. The fourth-order valence-electron chi connectivity index (χ4n) is 1.73. The average Bonchev–Trinajstić information content (AvgIpc) is 2.18. The molecule has 0 bridgehead atoms. The molecule has 1 nitrogen and oxygen atoms in total. The van der Waals surface area contributed by atoms with Crippen molar-refractivity contribution in [2.75, 3.05) is 6.54 Å². The first-order valence-electron chi connectivity index (χ1n) is 5.50. The van der Waals surface area contributed by atoms with Crippen LogP contribution >= 0.6 is 0 Å². The van der Waals surface area contributed by atoms with E-state index in [1.54, 1.807) is 0 Å². The molecule has 1 aromatic rings. The molecule has 0 atom stereocenters. The second-order valence-corrected chi connectivity index (χ2v) is 4.08. The van der Waals surface area contributed by atoms with Crippen molar-refractivity contribution in [3.05, 3.63) is 34.9 Å². The second-order valence-electron chi connectivity index (χ2n) is 4.08. The molecule has 78 valence electrons. The van der Waals surface area contributed by atoms with Gasteiger partial charge in [-0.25, -0.2) is 0 Å². The van der Waals surface area contributed by atoms with Crippen molar-refractivity contribution in [3.63, 3.8) is 0 Å². The fourth-order valence-corrected chi connectivity index (χ4v) is 1.73. The fraction of sp³-hybridized carbons (Fsp3) is 0.538. The molecule has 0 radical (unpaired) electrons. The molecule has 0 amide bonds. The van der Waals surface area contributed by atoms with Crippen LogP contribution in [0.2, 0.25) is 0 Å². The topological polar surface area (TPSA) is 26.0 Å². The summed E-state index contributed by atoms with van der Waals surface area (Å²) < 4.78 is 0. The third kappa shape index (κ3) is 2.58. The molecule has 1 aromatic carbocycles. The maximum Gasteiger partial charge on any atom is -0.00366 e. The van der Waals surface area contributed by atoms with Gasteiger partial charge in [-0.1, -0.05) is 39.0 Å². The van der Waals surface area contributed by atoms with Crippen LogP contribution in [0.4, 0.5) is 0 Å². The van der Waals surface area contributed by atoms with Crippen LogP contribution in [-0.2, 0) is 12.8 Å². The molecule has 0 saturated carbocycles. The summed E-state index contributed by atoms with van der Waals surface area (Å²) in [5.74, 6) is 0.618. The van der Waals surface area contributed by atoms with Gasteiger partial charge in [0.1, 0.15) is 0 Å². The van der Waals surface area contributed by atoms with Crippen LogP contribution < -0.4 is 5.73 Å². The van der Waals surface area contributed by atoms with E-state index in [9.17, 15) is 0 Å². The zero-order valence-corrected chi connectivity index (χ0v) is 9.51. The molecule has 0 spiro atoms. The lowest BCUT2D eigenvalue weighted by Gasteiger charge is -2.11.